The highest BCUT2D eigenvalue weighted by Gasteiger charge is 2.08. The predicted octanol–water partition coefficient (Wildman–Crippen LogP) is 2.06. The second-order valence-corrected chi connectivity index (χ2v) is 3.74. The van der Waals surface area contributed by atoms with E-state index < -0.39 is 0 Å². The number of hydrogen-bond acceptors (Lipinski definition) is 4. The number of rotatable bonds is 3. The molecule has 0 unspecified atom stereocenters. The van der Waals surface area contributed by atoms with Gasteiger partial charge in [-0.2, -0.15) is 5.10 Å². The van der Waals surface area contributed by atoms with Crippen molar-refractivity contribution >= 4 is 17.4 Å². The van der Waals surface area contributed by atoms with E-state index in [0.29, 0.717) is 5.02 Å². The summed E-state index contributed by atoms with van der Waals surface area (Å²) in [5.74, 6) is 1.55. The number of hydrogen-bond donors (Lipinski definition) is 1. The van der Waals surface area contributed by atoms with Gasteiger partial charge in [0, 0.05) is 12.1 Å². The van der Waals surface area contributed by atoms with Gasteiger partial charge in [-0.15, -0.1) is 0 Å². The van der Waals surface area contributed by atoms with Crippen molar-refractivity contribution in [1.82, 2.24) is 19.7 Å². The molecule has 84 valence electrons. The van der Waals surface area contributed by atoms with Gasteiger partial charge in [-0.05, 0) is 13.8 Å². The van der Waals surface area contributed by atoms with E-state index in [1.807, 2.05) is 13.8 Å². The first-order chi connectivity index (χ1) is 7.72. The van der Waals surface area contributed by atoms with Gasteiger partial charge in [0.15, 0.2) is 5.82 Å². The molecule has 6 heteroatoms. The molecule has 2 aromatic rings. The van der Waals surface area contributed by atoms with Crippen LogP contribution in [0.4, 0.5) is 5.82 Å². The van der Waals surface area contributed by atoms with Crippen LogP contribution < -0.4 is 5.32 Å². The highest BCUT2D eigenvalue weighted by molar-refractivity contribution is 6.30. The fourth-order valence-electron chi connectivity index (χ4n) is 1.43. The number of nitrogens with one attached hydrogen (secondary N) is 1. The minimum atomic E-state index is 0.586. The van der Waals surface area contributed by atoms with Gasteiger partial charge in [0.05, 0.1) is 17.4 Å². The van der Waals surface area contributed by atoms with Crippen molar-refractivity contribution in [2.24, 2.45) is 0 Å². The molecule has 0 aromatic carbocycles. The lowest BCUT2D eigenvalue weighted by Gasteiger charge is -2.09. The summed E-state index contributed by atoms with van der Waals surface area (Å²) in [7, 11) is 0. The zero-order valence-corrected chi connectivity index (χ0v) is 9.86. The smallest absolute Gasteiger partial charge is 0.161 e. The molecule has 16 heavy (non-hydrogen) atoms. The summed E-state index contributed by atoms with van der Waals surface area (Å²) in [5.41, 5.74) is 0.948. The van der Waals surface area contributed by atoms with Crippen molar-refractivity contribution in [2.45, 2.75) is 13.8 Å². The monoisotopic (exact) mass is 237 g/mol. The van der Waals surface area contributed by atoms with Crippen LogP contribution >= 0.6 is 11.6 Å². The average molecular weight is 238 g/mol. The fraction of sp³-hybridized carbons (Fsp3) is 0.300. The van der Waals surface area contributed by atoms with E-state index in [2.05, 4.69) is 20.4 Å². The number of nitrogens with zero attached hydrogens (tertiary/aromatic N) is 4. The zero-order valence-electron chi connectivity index (χ0n) is 9.11. The van der Waals surface area contributed by atoms with Crippen molar-refractivity contribution in [3.8, 4) is 5.82 Å². The number of anilines is 1. The maximum absolute atomic E-state index is 5.82. The molecule has 0 saturated carbocycles. The van der Waals surface area contributed by atoms with Crippen LogP contribution in [0.1, 0.15) is 12.5 Å². The van der Waals surface area contributed by atoms with Gasteiger partial charge in [0.1, 0.15) is 12.1 Å². The van der Waals surface area contributed by atoms with E-state index in [1.165, 1.54) is 6.33 Å². The highest BCUT2D eigenvalue weighted by Crippen LogP contribution is 2.18. The van der Waals surface area contributed by atoms with Gasteiger partial charge in [-0.3, -0.25) is 0 Å². The van der Waals surface area contributed by atoms with Gasteiger partial charge in [-0.1, -0.05) is 11.6 Å². The molecule has 0 fully saturated rings. The topological polar surface area (TPSA) is 55.6 Å². The Hall–Kier alpha value is -1.62. The standard InChI is InChI=1S/C10H12ClN5/c1-3-12-9-7(2)10(14-6-13-9)16-5-8(11)4-15-16/h4-6H,3H2,1-2H3,(H,12,13,14). The number of halogens is 1. The first-order valence-electron chi connectivity index (χ1n) is 4.98. The third kappa shape index (κ3) is 1.99. The predicted molar refractivity (Wildman–Crippen MR) is 63.1 cm³/mol. The van der Waals surface area contributed by atoms with Gasteiger partial charge >= 0.3 is 0 Å². The first kappa shape index (κ1) is 10.9. The molecule has 2 heterocycles. The minimum Gasteiger partial charge on any atom is -0.370 e. The summed E-state index contributed by atoms with van der Waals surface area (Å²) < 4.78 is 1.64. The van der Waals surface area contributed by atoms with Crippen LogP contribution in [-0.2, 0) is 0 Å². The second-order valence-electron chi connectivity index (χ2n) is 3.30. The molecule has 0 aliphatic heterocycles. The molecular weight excluding hydrogens is 226 g/mol. The molecule has 0 aliphatic rings. The quantitative estimate of drug-likeness (QED) is 0.888. The van der Waals surface area contributed by atoms with Crippen molar-refractivity contribution in [3.05, 3.63) is 29.3 Å². The molecule has 0 aliphatic carbocycles. The van der Waals surface area contributed by atoms with E-state index >= 15 is 0 Å². The Morgan fingerprint density at radius 1 is 1.44 bits per heavy atom. The maximum Gasteiger partial charge on any atom is 0.161 e. The SMILES string of the molecule is CCNc1ncnc(-n2cc(Cl)cn2)c1C. The molecule has 2 aromatic heterocycles. The van der Waals surface area contributed by atoms with E-state index in [0.717, 1.165) is 23.7 Å². The third-order valence-electron chi connectivity index (χ3n) is 2.17. The molecule has 0 atom stereocenters. The van der Waals surface area contributed by atoms with Crippen molar-refractivity contribution in [3.63, 3.8) is 0 Å². The van der Waals surface area contributed by atoms with Crippen LogP contribution in [0.25, 0.3) is 5.82 Å². The Labute approximate surface area is 98.5 Å². The molecular formula is C10H12ClN5. The highest BCUT2D eigenvalue weighted by atomic mass is 35.5. The third-order valence-corrected chi connectivity index (χ3v) is 2.36. The van der Waals surface area contributed by atoms with E-state index in [-0.39, 0.29) is 0 Å². The maximum atomic E-state index is 5.82. The van der Waals surface area contributed by atoms with Crippen LogP contribution in [0.5, 0.6) is 0 Å². The van der Waals surface area contributed by atoms with E-state index in [4.69, 9.17) is 11.6 Å². The van der Waals surface area contributed by atoms with Crippen LogP contribution in [0.3, 0.4) is 0 Å². The minimum absolute atomic E-state index is 0.586. The molecule has 0 radical (unpaired) electrons. The Bertz CT molecular complexity index is 494. The molecule has 0 bridgehead atoms. The van der Waals surface area contributed by atoms with E-state index in [9.17, 15) is 0 Å². The summed E-state index contributed by atoms with van der Waals surface area (Å²) in [5, 5.41) is 7.87. The molecule has 1 N–H and O–H groups in total. The molecule has 5 nitrogen and oxygen atoms in total. The van der Waals surface area contributed by atoms with Crippen LogP contribution in [-0.4, -0.2) is 26.3 Å². The normalized spacial score (nSPS) is 10.4. The Morgan fingerprint density at radius 3 is 2.88 bits per heavy atom. The first-order valence-corrected chi connectivity index (χ1v) is 5.36. The van der Waals surface area contributed by atoms with Gasteiger partial charge in [-0.25, -0.2) is 14.6 Å². The lowest BCUT2D eigenvalue weighted by Crippen LogP contribution is -2.07. The van der Waals surface area contributed by atoms with Crippen molar-refractivity contribution in [2.75, 3.05) is 11.9 Å². The Kier molecular flexibility index (Phi) is 3.05. The summed E-state index contributed by atoms with van der Waals surface area (Å²) in [6, 6.07) is 0. The van der Waals surface area contributed by atoms with Crippen LogP contribution in [0.15, 0.2) is 18.7 Å². The van der Waals surface area contributed by atoms with Gasteiger partial charge in [0.2, 0.25) is 0 Å². The molecule has 0 amide bonds. The van der Waals surface area contributed by atoms with Crippen molar-refractivity contribution < 1.29 is 0 Å². The second kappa shape index (κ2) is 4.49. The molecule has 0 spiro atoms. The summed E-state index contributed by atoms with van der Waals surface area (Å²) in [6.45, 7) is 4.78. The fourth-order valence-corrected chi connectivity index (χ4v) is 1.57. The molecule has 2 rings (SSSR count). The summed E-state index contributed by atoms with van der Waals surface area (Å²) >= 11 is 5.82. The van der Waals surface area contributed by atoms with Gasteiger partial charge < -0.3 is 5.32 Å². The van der Waals surface area contributed by atoms with Crippen LogP contribution in [0, 0.1) is 6.92 Å². The molecule has 0 saturated heterocycles. The zero-order chi connectivity index (χ0) is 11.5. The lowest BCUT2D eigenvalue weighted by atomic mass is 10.3. The van der Waals surface area contributed by atoms with Crippen molar-refractivity contribution in [1.29, 1.82) is 0 Å². The Balaban J connectivity index is 2.45. The Morgan fingerprint density at radius 2 is 2.25 bits per heavy atom. The lowest BCUT2D eigenvalue weighted by molar-refractivity contribution is 0.829. The van der Waals surface area contributed by atoms with Gasteiger partial charge in [0.25, 0.3) is 0 Å². The average Bonchev–Trinajstić information content (AvgIpc) is 2.68. The number of aromatic nitrogens is 4. The van der Waals surface area contributed by atoms with E-state index in [1.54, 1.807) is 17.1 Å². The summed E-state index contributed by atoms with van der Waals surface area (Å²) in [6.07, 6.45) is 4.80. The largest absolute Gasteiger partial charge is 0.370 e. The van der Waals surface area contributed by atoms with Crippen LogP contribution in [0.2, 0.25) is 5.02 Å². The summed E-state index contributed by atoms with van der Waals surface area (Å²) in [4.78, 5) is 8.36.